The van der Waals surface area contributed by atoms with Gasteiger partial charge in [0.25, 0.3) is 0 Å². The van der Waals surface area contributed by atoms with Crippen LogP contribution < -0.4 is 0 Å². The van der Waals surface area contributed by atoms with Crippen molar-refractivity contribution in [3.8, 4) is 0 Å². The first-order valence-corrected chi connectivity index (χ1v) is 13.2. The van der Waals surface area contributed by atoms with Crippen molar-refractivity contribution >= 4 is 11.6 Å². The van der Waals surface area contributed by atoms with Gasteiger partial charge in [0.05, 0.1) is 0 Å². The number of ketones is 2. The predicted molar refractivity (Wildman–Crippen MR) is 132 cm³/mol. The highest BCUT2D eigenvalue weighted by molar-refractivity contribution is 5.90. The van der Waals surface area contributed by atoms with E-state index in [1.165, 1.54) is 25.7 Å². The van der Waals surface area contributed by atoms with E-state index >= 15 is 0 Å². The summed E-state index contributed by atoms with van der Waals surface area (Å²) >= 11 is 0. The lowest BCUT2D eigenvalue weighted by Crippen LogP contribution is -2.57. The van der Waals surface area contributed by atoms with Gasteiger partial charge in [-0.2, -0.15) is 0 Å². The summed E-state index contributed by atoms with van der Waals surface area (Å²) in [7, 11) is 0. The third kappa shape index (κ3) is 3.25. The normalized spacial score (nSPS) is 43.4. The lowest BCUT2D eigenvalue weighted by Gasteiger charge is -2.63. The molecular formula is C30H46O2. The van der Waals surface area contributed by atoms with Crippen LogP contribution in [0.2, 0.25) is 0 Å². The maximum Gasteiger partial charge on any atom is 0.155 e. The van der Waals surface area contributed by atoms with Crippen LogP contribution in [0.25, 0.3) is 0 Å². The minimum atomic E-state index is -0.200. The Bertz CT molecular complexity index is 871. The molecule has 0 N–H and O–H groups in total. The van der Waals surface area contributed by atoms with Crippen molar-refractivity contribution in [1.82, 2.24) is 0 Å². The number of allylic oxidation sites excluding steroid dienone is 4. The van der Waals surface area contributed by atoms with Gasteiger partial charge in [0.15, 0.2) is 5.78 Å². The number of carbonyl (C=O) groups is 2. The number of rotatable bonds is 4. The lowest BCUT2D eigenvalue weighted by molar-refractivity contribution is -0.146. The van der Waals surface area contributed by atoms with E-state index in [0.717, 1.165) is 24.8 Å². The van der Waals surface area contributed by atoms with Crippen LogP contribution in [-0.4, -0.2) is 11.6 Å². The molecule has 0 aromatic heterocycles. The quantitative estimate of drug-likeness (QED) is 0.332. The van der Waals surface area contributed by atoms with E-state index in [2.05, 4.69) is 47.6 Å². The molecule has 7 unspecified atom stereocenters. The van der Waals surface area contributed by atoms with Gasteiger partial charge < -0.3 is 0 Å². The molecule has 0 saturated heterocycles. The van der Waals surface area contributed by atoms with Crippen LogP contribution in [0.1, 0.15) is 107 Å². The summed E-state index contributed by atoms with van der Waals surface area (Å²) in [5.74, 6) is 2.90. The Hall–Kier alpha value is -1.18. The van der Waals surface area contributed by atoms with Gasteiger partial charge in [-0.1, -0.05) is 58.8 Å². The van der Waals surface area contributed by atoms with Crippen LogP contribution in [0.4, 0.5) is 0 Å². The average molecular weight is 439 g/mol. The fourth-order valence-electron chi connectivity index (χ4n) is 9.31. The molecule has 0 heterocycles. The molecule has 0 aromatic rings. The third-order valence-electron chi connectivity index (χ3n) is 11.3. The smallest absolute Gasteiger partial charge is 0.155 e. The van der Waals surface area contributed by atoms with Gasteiger partial charge in [0.1, 0.15) is 5.78 Å². The van der Waals surface area contributed by atoms with Gasteiger partial charge in [-0.15, -0.1) is 0 Å². The number of Topliss-reactive ketones (excluding diaryl/α,β-unsaturated/α-hetero) is 1. The summed E-state index contributed by atoms with van der Waals surface area (Å²) in [4.78, 5) is 25.4. The van der Waals surface area contributed by atoms with Gasteiger partial charge in [-0.25, -0.2) is 0 Å². The third-order valence-corrected chi connectivity index (χ3v) is 11.3. The largest absolute Gasteiger partial charge is 0.299 e. The second-order valence-corrected chi connectivity index (χ2v) is 13.5. The van der Waals surface area contributed by atoms with Gasteiger partial charge in [-0.3, -0.25) is 9.59 Å². The fraction of sp³-hybridized carbons (Fsp3) is 0.800. The topological polar surface area (TPSA) is 34.1 Å². The molecule has 7 atom stereocenters. The Balaban J connectivity index is 1.64. The SMILES string of the molecule is CC(C)=CC(=O)CC(C)C1CCC2(C)C3=CCC4C(C)(C)C(=O)CCC4(C)C3CCC12C. The fourth-order valence-corrected chi connectivity index (χ4v) is 9.31. The Morgan fingerprint density at radius 1 is 1.09 bits per heavy atom. The van der Waals surface area contributed by atoms with Gasteiger partial charge >= 0.3 is 0 Å². The standard InChI is InChI=1S/C30H46O2/c1-19(2)17-21(31)18-20(3)22-11-15-30(8)24-9-10-25-27(4,5)26(32)13-14-28(25,6)23(24)12-16-29(22,30)7/h9,17,20,22-23,25H,10-16,18H2,1-8H3. The Labute approximate surface area is 196 Å². The van der Waals surface area contributed by atoms with E-state index in [4.69, 9.17) is 0 Å². The monoisotopic (exact) mass is 438 g/mol. The molecule has 0 aliphatic heterocycles. The first-order chi connectivity index (χ1) is 14.8. The minimum Gasteiger partial charge on any atom is -0.299 e. The highest BCUT2D eigenvalue weighted by atomic mass is 16.1. The highest BCUT2D eigenvalue weighted by Crippen LogP contribution is 2.73. The lowest BCUT2D eigenvalue weighted by atomic mass is 9.41. The number of hydrogen-bond acceptors (Lipinski definition) is 2. The average Bonchev–Trinajstić information content (AvgIpc) is 2.96. The number of carbonyl (C=O) groups excluding carboxylic acids is 2. The van der Waals surface area contributed by atoms with Gasteiger partial charge in [0, 0.05) is 18.3 Å². The summed E-state index contributed by atoms with van der Waals surface area (Å²) in [5.41, 5.74) is 3.37. The van der Waals surface area contributed by atoms with E-state index in [1.54, 1.807) is 5.57 Å². The van der Waals surface area contributed by atoms with Crippen LogP contribution >= 0.6 is 0 Å². The maximum absolute atomic E-state index is 12.8. The number of hydrogen-bond donors (Lipinski definition) is 0. The molecule has 0 amide bonds. The molecule has 178 valence electrons. The molecule has 0 spiro atoms. The zero-order valence-corrected chi connectivity index (χ0v) is 21.9. The van der Waals surface area contributed by atoms with Crippen LogP contribution in [0, 0.1) is 45.3 Å². The molecule has 4 rings (SSSR count). The van der Waals surface area contributed by atoms with E-state index in [0.29, 0.717) is 41.7 Å². The minimum absolute atomic E-state index is 0.200. The Morgan fingerprint density at radius 3 is 2.44 bits per heavy atom. The Morgan fingerprint density at radius 2 is 1.78 bits per heavy atom. The van der Waals surface area contributed by atoms with Crippen molar-refractivity contribution < 1.29 is 9.59 Å². The predicted octanol–water partition coefficient (Wildman–Crippen LogP) is 7.72. The van der Waals surface area contributed by atoms with Crippen molar-refractivity contribution in [2.45, 2.75) is 107 Å². The first kappa shape index (κ1) is 24.0. The summed E-state index contributed by atoms with van der Waals surface area (Å²) in [6.45, 7) is 18.4. The molecule has 0 aromatic carbocycles. The molecule has 4 aliphatic carbocycles. The Kier molecular flexibility index (Phi) is 5.74. The molecular weight excluding hydrogens is 392 g/mol. The molecule has 32 heavy (non-hydrogen) atoms. The molecule has 3 fully saturated rings. The van der Waals surface area contributed by atoms with Crippen molar-refractivity contribution in [2.24, 2.45) is 45.3 Å². The van der Waals surface area contributed by atoms with E-state index < -0.39 is 0 Å². The van der Waals surface area contributed by atoms with Crippen molar-refractivity contribution in [3.05, 3.63) is 23.3 Å². The van der Waals surface area contributed by atoms with Crippen LogP contribution in [0.3, 0.4) is 0 Å². The molecule has 2 nitrogen and oxygen atoms in total. The summed E-state index contributed by atoms with van der Waals surface area (Å²) in [6, 6.07) is 0. The first-order valence-electron chi connectivity index (χ1n) is 13.2. The van der Waals surface area contributed by atoms with Gasteiger partial charge in [0.2, 0.25) is 0 Å². The van der Waals surface area contributed by atoms with Crippen LogP contribution in [0.5, 0.6) is 0 Å². The summed E-state index contributed by atoms with van der Waals surface area (Å²) in [6.07, 6.45) is 13.0. The maximum atomic E-state index is 12.8. The van der Waals surface area contributed by atoms with Crippen molar-refractivity contribution in [2.75, 3.05) is 0 Å². The van der Waals surface area contributed by atoms with Gasteiger partial charge in [-0.05, 0) is 98.4 Å². The van der Waals surface area contributed by atoms with E-state index in [1.807, 2.05) is 19.9 Å². The van der Waals surface area contributed by atoms with E-state index in [9.17, 15) is 9.59 Å². The summed E-state index contributed by atoms with van der Waals surface area (Å²) < 4.78 is 0. The van der Waals surface area contributed by atoms with E-state index in [-0.39, 0.29) is 21.7 Å². The van der Waals surface area contributed by atoms with Crippen LogP contribution in [-0.2, 0) is 9.59 Å². The number of fused-ring (bicyclic) bond motifs is 5. The summed E-state index contributed by atoms with van der Waals surface area (Å²) in [5, 5.41) is 0. The van der Waals surface area contributed by atoms with Crippen molar-refractivity contribution in [1.29, 1.82) is 0 Å². The second-order valence-electron chi connectivity index (χ2n) is 13.5. The van der Waals surface area contributed by atoms with Crippen molar-refractivity contribution in [3.63, 3.8) is 0 Å². The molecule has 0 bridgehead atoms. The highest BCUT2D eigenvalue weighted by Gasteiger charge is 2.65. The molecule has 4 aliphatic rings. The molecule has 2 heteroatoms. The molecule has 0 radical (unpaired) electrons. The second kappa shape index (κ2) is 7.67. The van der Waals surface area contributed by atoms with Crippen LogP contribution in [0.15, 0.2) is 23.3 Å². The zero-order valence-electron chi connectivity index (χ0n) is 21.9. The molecule has 3 saturated carbocycles. The zero-order chi connectivity index (χ0) is 23.7.